The van der Waals surface area contributed by atoms with Crippen LogP contribution in [0.15, 0.2) is 24.3 Å². The van der Waals surface area contributed by atoms with E-state index in [-0.39, 0.29) is 17.7 Å². The van der Waals surface area contributed by atoms with E-state index in [1.165, 1.54) is 24.3 Å². The average Bonchev–Trinajstić information content (AvgIpc) is 2.87. The number of hydrogen-bond acceptors (Lipinski definition) is 3. The number of likely N-dealkylation sites (tertiary alicyclic amines) is 1. The van der Waals surface area contributed by atoms with Crippen LogP contribution in [0, 0.1) is 0 Å². The normalized spacial score (nSPS) is 18.6. The Morgan fingerprint density at radius 1 is 1.45 bits per heavy atom. The van der Waals surface area contributed by atoms with E-state index in [2.05, 4.69) is 10.1 Å². The SMILES string of the molecule is CNCC1CCCN1C(=O)c1ccc(OC(F)F)cc1. The molecule has 1 aliphatic heterocycles. The molecule has 1 aliphatic rings. The fourth-order valence-electron chi connectivity index (χ4n) is 2.50. The lowest BCUT2D eigenvalue weighted by Gasteiger charge is -2.24. The maximum absolute atomic E-state index is 12.4. The van der Waals surface area contributed by atoms with Gasteiger partial charge in [0.25, 0.3) is 5.91 Å². The molecule has 1 heterocycles. The van der Waals surface area contributed by atoms with E-state index in [4.69, 9.17) is 0 Å². The highest BCUT2D eigenvalue weighted by atomic mass is 19.3. The van der Waals surface area contributed by atoms with E-state index in [0.29, 0.717) is 5.56 Å². The highest BCUT2D eigenvalue weighted by molar-refractivity contribution is 5.94. The summed E-state index contributed by atoms with van der Waals surface area (Å²) in [5.41, 5.74) is 0.495. The quantitative estimate of drug-likeness (QED) is 0.900. The smallest absolute Gasteiger partial charge is 0.387 e. The number of amides is 1. The maximum atomic E-state index is 12.4. The lowest BCUT2D eigenvalue weighted by Crippen LogP contribution is -2.40. The van der Waals surface area contributed by atoms with E-state index in [1.807, 2.05) is 11.9 Å². The number of hydrogen-bond donors (Lipinski definition) is 1. The molecule has 0 spiro atoms. The number of carbonyl (C=O) groups is 1. The molecule has 0 aromatic heterocycles. The van der Waals surface area contributed by atoms with Crippen LogP contribution < -0.4 is 10.1 Å². The summed E-state index contributed by atoms with van der Waals surface area (Å²) in [6, 6.07) is 6.03. The van der Waals surface area contributed by atoms with Gasteiger partial charge in [0.2, 0.25) is 0 Å². The number of likely N-dealkylation sites (N-methyl/N-ethyl adjacent to an activating group) is 1. The molecule has 2 rings (SSSR count). The van der Waals surface area contributed by atoms with Gasteiger partial charge in [0, 0.05) is 24.7 Å². The Morgan fingerprint density at radius 3 is 2.75 bits per heavy atom. The van der Waals surface area contributed by atoms with Crippen molar-refractivity contribution in [2.24, 2.45) is 0 Å². The zero-order valence-corrected chi connectivity index (χ0v) is 11.3. The Hall–Kier alpha value is -1.69. The zero-order chi connectivity index (χ0) is 14.5. The number of halogens is 2. The van der Waals surface area contributed by atoms with Crippen molar-refractivity contribution in [3.05, 3.63) is 29.8 Å². The monoisotopic (exact) mass is 284 g/mol. The second-order valence-electron chi connectivity index (χ2n) is 4.76. The molecular weight excluding hydrogens is 266 g/mol. The molecule has 20 heavy (non-hydrogen) atoms. The van der Waals surface area contributed by atoms with E-state index >= 15 is 0 Å². The molecule has 110 valence electrons. The van der Waals surface area contributed by atoms with Crippen LogP contribution in [0.3, 0.4) is 0 Å². The highest BCUT2D eigenvalue weighted by Gasteiger charge is 2.28. The third-order valence-corrected chi connectivity index (χ3v) is 3.40. The number of rotatable bonds is 5. The van der Waals surface area contributed by atoms with E-state index in [0.717, 1.165) is 25.9 Å². The van der Waals surface area contributed by atoms with Crippen molar-refractivity contribution < 1.29 is 18.3 Å². The molecule has 0 saturated carbocycles. The third-order valence-electron chi connectivity index (χ3n) is 3.40. The van der Waals surface area contributed by atoms with Crippen molar-refractivity contribution in [1.29, 1.82) is 0 Å². The molecule has 1 unspecified atom stereocenters. The van der Waals surface area contributed by atoms with E-state index in [9.17, 15) is 13.6 Å². The van der Waals surface area contributed by atoms with Crippen molar-refractivity contribution in [2.45, 2.75) is 25.5 Å². The summed E-state index contributed by atoms with van der Waals surface area (Å²) in [6.45, 7) is -1.35. The van der Waals surface area contributed by atoms with Gasteiger partial charge in [-0.3, -0.25) is 4.79 Å². The average molecular weight is 284 g/mol. The van der Waals surface area contributed by atoms with Gasteiger partial charge in [-0.1, -0.05) is 0 Å². The topological polar surface area (TPSA) is 41.6 Å². The van der Waals surface area contributed by atoms with Gasteiger partial charge in [-0.15, -0.1) is 0 Å². The summed E-state index contributed by atoms with van der Waals surface area (Å²) < 4.78 is 28.4. The van der Waals surface area contributed by atoms with Gasteiger partial charge in [-0.25, -0.2) is 0 Å². The Balaban J connectivity index is 2.05. The molecule has 1 aromatic carbocycles. The van der Waals surface area contributed by atoms with E-state index < -0.39 is 6.61 Å². The molecule has 1 saturated heterocycles. The van der Waals surface area contributed by atoms with Gasteiger partial charge >= 0.3 is 6.61 Å². The largest absolute Gasteiger partial charge is 0.435 e. The Bertz CT molecular complexity index is 451. The van der Waals surface area contributed by atoms with E-state index in [1.54, 1.807) is 0 Å². The number of alkyl halides is 2. The van der Waals surface area contributed by atoms with Crippen LogP contribution in [0.1, 0.15) is 23.2 Å². The second-order valence-corrected chi connectivity index (χ2v) is 4.76. The van der Waals surface area contributed by atoms with Crippen LogP contribution in [-0.2, 0) is 0 Å². The highest BCUT2D eigenvalue weighted by Crippen LogP contribution is 2.21. The first-order valence-corrected chi connectivity index (χ1v) is 6.62. The first-order valence-electron chi connectivity index (χ1n) is 6.62. The Kier molecular flexibility index (Phi) is 4.89. The number of benzene rings is 1. The molecule has 1 atom stereocenters. The molecule has 0 aliphatic carbocycles. The Morgan fingerprint density at radius 2 is 2.15 bits per heavy atom. The van der Waals surface area contributed by atoms with Gasteiger partial charge < -0.3 is 15.0 Å². The van der Waals surface area contributed by atoms with Gasteiger partial charge in [0.15, 0.2) is 0 Å². The standard InChI is InChI=1S/C14H18F2N2O2/c1-17-9-11-3-2-8-18(11)13(19)10-4-6-12(7-5-10)20-14(15)16/h4-7,11,14,17H,2-3,8-9H2,1H3. The number of nitrogens with one attached hydrogen (secondary N) is 1. The summed E-state index contributed by atoms with van der Waals surface area (Å²) in [4.78, 5) is 14.2. The Labute approximate surface area is 116 Å². The van der Waals surface area contributed by atoms with Crippen LogP contribution in [0.2, 0.25) is 0 Å². The molecule has 0 bridgehead atoms. The maximum Gasteiger partial charge on any atom is 0.387 e. The lowest BCUT2D eigenvalue weighted by molar-refractivity contribution is -0.0498. The fraction of sp³-hybridized carbons (Fsp3) is 0.500. The van der Waals surface area contributed by atoms with Crippen molar-refractivity contribution in [2.75, 3.05) is 20.1 Å². The summed E-state index contributed by atoms with van der Waals surface area (Å²) in [7, 11) is 1.86. The van der Waals surface area contributed by atoms with Crippen molar-refractivity contribution in [3.8, 4) is 5.75 Å². The first-order chi connectivity index (χ1) is 9.61. The second kappa shape index (κ2) is 6.65. The minimum Gasteiger partial charge on any atom is -0.435 e. The molecule has 1 aromatic rings. The molecule has 1 fully saturated rings. The van der Waals surface area contributed by atoms with Crippen LogP contribution in [0.4, 0.5) is 8.78 Å². The molecule has 4 nitrogen and oxygen atoms in total. The zero-order valence-electron chi connectivity index (χ0n) is 11.3. The van der Waals surface area contributed by atoms with Crippen LogP contribution >= 0.6 is 0 Å². The summed E-state index contributed by atoms with van der Waals surface area (Å²) in [5, 5.41) is 3.08. The van der Waals surface area contributed by atoms with Crippen molar-refractivity contribution in [3.63, 3.8) is 0 Å². The molecule has 0 radical (unpaired) electrons. The van der Waals surface area contributed by atoms with Gasteiger partial charge in [-0.2, -0.15) is 8.78 Å². The number of ether oxygens (including phenoxy) is 1. The molecule has 6 heteroatoms. The minimum atomic E-state index is -2.85. The van der Waals surface area contributed by atoms with Crippen molar-refractivity contribution >= 4 is 5.91 Å². The summed E-state index contributed by atoms with van der Waals surface area (Å²) >= 11 is 0. The predicted molar refractivity (Wildman–Crippen MR) is 71.1 cm³/mol. The number of carbonyl (C=O) groups excluding carboxylic acids is 1. The number of nitrogens with zero attached hydrogens (tertiary/aromatic N) is 1. The van der Waals surface area contributed by atoms with Crippen LogP contribution in [-0.4, -0.2) is 43.6 Å². The molecular formula is C14H18F2N2O2. The van der Waals surface area contributed by atoms with Crippen molar-refractivity contribution in [1.82, 2.24) is 10.2 Å². The van der Waals surface area contributed by atoms with Gasteiger partial charge in [0.05, 0.1) is 0 Å². The minimum absolute atomic E-state index is 0.0600. The molecule has 1 N–H and O–H groups in total. The first kappa shape index (κ1) is 14.7. The summed E-state index contributed by atoms with van der Waals surface area (Å²) in [5.74, 6) is -0.00362. The van der Waals surface area contributed by atoms with Crippen LogP contribution in [0.5, 0.6) is 5.75 Å². The lowest BCUT2D eigenvalue weighted by atomic mass is 10.1. The fourth-order valence-corrected chi connectivity index (χ4v) is 2.50. The third kappa shape index (κ3) is 3.45. The van der Waals surface area contributed by atoms with Gasteiger partial charge in [0.1, 0.15) is 5.75 Å². The van der Waals surface area contributed by atoms with Crippen LogP contribution in [0.25, 0.3) is 0 Å². The van der Waals surface area contributed by atoms with Gasteiger partial charge in [-0.05, 0) is 44.2 Å². The predicted octanol–water partition coefficient (Wildman–Crippen LogP) is 2.11. The molecule has 1 amide bonds. The summed E-state index contributed by atoms with van der Waals surface area (Å²) in [6.07, 6.45) is 1.98.